The minimum atomic E-state index is -2.12. The van der Waals surface area contributed by atoms with Gasteiger partial charge in [0.25, 0.3) is 0 Å². The predicted octanol–water partition coefficient (Wildman–Crippen LogP) is 6.35. The summed E-state index contributed by atoms with van der Waals surface area (Å²) < 4.78 is 28.5. The molecule has 322 valence electrons. The summed E-state index contributed by atoms with van der Waals surface area (Å²) in [6.07, 6.45) is 7.14. The fraction of sp³-hybridized carbons (Fsp3) is 0.388. The van der Waals surface area contributed by atoms with E-state index in [2.05, 4.69) is 10.3 Å². The van der Waals surface area contributed by atoms with Gasteiger partial charge in [0.2, 0.25) is 11.7 Å². The van der Waals surface area contributed by atoms with Crippen molar-refractivity contribution in [3.63, 3.8) is 0 Å². The molecular formula is C49H50FN3O9. The largest absolute Gasteiger partial charge is 0.457 e. The molecule has 13 heteroatoms. The number of allylic oxidation sites excluding steroid dienone is 4. The molecule has 5 N–H and O–H groups in total. The lowest BCUT2D eigenvalue weighted by atomic mass is 9.44. The van der Waals surface area contributed by atoms with Gasteiger partial charge in [0.05, 0.1) is 23.1 Å². The molecule has 9 atom stereocenters. The van der Waals surface area contributed by atoms with Crippen molar-refractivity contribution in [2.24, 2.45) is 34.3 Å². The van der Waals surface area contributed by atoms with Gasteiger partial charge in [-0.15, -0.1) is 0 Å². The fourth-order valence-corrected chi connectivity index (χ4v) is 11.1. The number of alkyl halides is 1. The van der Waals surface area contributed by atoms with E-state index in [0.29, 0.717) is 41.6 Å². The fourth-order valence-electron chi connectivity index (χ4n) is 11.1. The van der Waals surface area contributed by atoms with Crippen LogP contribution in [0.2, 0.25) is 0 Å². The van der Waals surface area contributed by atoms with Crippen LogP contribution in [-0.2, 0) is 30.5 Å². The topological polar surface area (TPSA) is 195 Å². The molecule has 0 radical (unpaired) electrons. The van der Waals surface area contributed by atoms with Crippen molar-refractivity contribution in [1.82, 2.24) is 4.98 Å². The number of carbonyl (C=O) groups excluding carboxylic acids is 5. The van der Waals surface area contributed by atoms with Crippen molar-refractivity contribution in [2.45, 2.75) is 76.4 Å². The maximum absolute atomic E-state index is 17.5. The van der Waals surface area contributed by atoms with Gasteiger partial charge in [-0.1, -0.05) is 61.9 Å². The molecule has 12 nitrogen and oxygen atoms in total. The third-order valence-corrected chi connectivity index (χ3v) is 14.5. The Morgan fingerprint density at radius 3 is 2.42 bits per heavy atom. The van der Waals surface area contributed by atoms with E-state index in [0.717, 1.165) is 10.8 Å². The maximum atomic E-state index is 17.5. The van der Waals surface area contributed by atoms with Crippen LogP contribution < -0.4 is 11.1 Å². The van der Waals surface area contributed by atoms with E-state index in [9.17, 15) is 34.2 Å². The number of rotatable bonds is 11. The molecule has 4 aliphatic rings. The molecule has 8 rings (SSSR count). The second kappa shape index (κ2) is 16.1. The summed E-state index contributed by atoms with van der Waals surface area (Å²) in [6, 6.07) is 20.0. The van der Waals surface area contributed by atoms with Crippen molar-refractivity contribution in [2.75, 3.05) is 18.5 Å². The Bertz CT molecular complexity index is 2540. The summed E-state index contributed by atoms with van der Waals surface area (Å²) in [5, 5.41) is 28.7. The molecule has 0 aliphatic heterocycles. The van der Waals surface area contributed by atoms with Gasteiger partial charge >= 0.3 is 11.9 Å². The van der Waals surface area contributed by atoms with E-state index in [1.54, 1.807) is 69.6 Å². The lowest BCUT2D eigenvalue weighted by Gasteiger charge is -2.62. The highest BCUT2D eigenvalue weighted by atomic mass is 19.1. The Morgan fingerprint density at radius 1 is 0.968 bits per heavy atom. The van der Waals surface area contributed by atoms with Gasteiger partial charge in [0, 0.05) is 46.8 Å². The van der Waals surface area contributed by atoms with Crippen LogP contribution in [0.3, 0.4) is 0 Å². The molecule has 3 fully saturated rings. The smallest absolute Gasteiger partial charge is 0.338 e. The number of aliphatic hydroxyl groups is 2. The lowest BCUT2D eigenvalue weighted by molar-refractivity contribution is -0.219. The summed E-state index contributed by atoms with van der Waals surface area (Å²) in [5.74, 6) is -5.30. The van der Waals surface area contributed by atoms with E-state index >= 15 is 4.39 Å². The number of hydrogen-bond donors (Lipinski definition) is 4. The number of nitrogens with two attached hydrogens (primary N) is 1. The second-order valence-corrected chi connectivity index (χ2v) is 17.8. The molecule has 0 spiro atoms. The molecule has 3 aromatic carbocycles. The average Bonchev–Trinajstić information content (AvgIpc) is 3.47. The van der Waals surface area contributed by atoms with Crippen LogP contribution in [0.5, 0.6) is 0 Å². The van der Waals surface area contributed by atoms with Gasteiger partial charge in [0.15, 0.2) is 18.1 Å². The van der Waals surface area contributed by atoms with Crippen LogP contribution in [0.25, 0.3) is 10.8 Å². The number of fused-ring (bicyclic) bond motifs is 6. The molecule has 0 saturated heterocycles. The molecule has 1 heterocycles. The highest BCUT2D eigenvalue weighted by molar-refractivity contribution is 6.01. The third kappa shape index (κ3) is 6.96. The number of amides is 1. The standard InChI is InChI=1S/C49H50FN3O9/c1-28-19-40-39-14-12-35-22-37(54)15-17-46(35,2)48(39,50)41(55)23-47(40,3)49(28,60)42(56)27-62-45(59)33-6-4-5-32(20-33)44(58)61-26-29-7-9-30(10-8-29)38(24-51)43(57)53-36-13-11-34-25-52-18-16-31(34)21-36/h4-11,13,15-18,20-22,25,28,38-41,55,60H,12,14,19,23-24,26-27,51H2,1-3H3,(H,53,57)/t28-,38?,39+,40+,41+,46+,47+,48+,49+/m1/s1. The summed E-state index contributed by atoms with van der Waals surface area (Å²) in [4.78, 5) is 69.9. The molecular weight excluding hydrogens is 794 g/mol. The van der Waals surface area contributed by atoms with Crippen LogP contribution in [0, 0.1) is 28.6 Å². The van der Waals surface area contributed by atoms with Crippen LogP contribution in [0.15, 0.2) is 109 Å². The van der Waals surface area contributed by atoms with E-state index < -0.39 is 76.2 Å². The summed E-state index contributed by atoms with van der Waals surface area (Å²) in [7, 11) is 0. The number of nitrogens with one attached hydrogen (secondary N) is 1. The Balaban J connectivity index is 0.874. The predicted molar refractivity (Wildman–Crippen MR) is 227 cm³/mol. The van der Waals surface area contributed by atoms with Gasteiger partial charge in [-0.3, -0.25) is 19.4 Å². The van der Waals surface area contributed by atoms with E-state index in [1.165, 1.54) is 36.4 Å². The molecule has 1 amide bonds. The molecule has 4 aliphatic carbocycles. The summed E-state index contributed by atoms with van der Waals surface area (Å²) in [6.45, 7) is 4.32. The number of Topliss-reactive ketones (excluding diaryl/α,β-unsaturated/α-hetero) is 1. The first kappa shape index (κ1) is 42.8. The zero-order valence-corrected chi connectivity index (χ0v) is 34.8. The Hall–Kier alpha value is -5.89. The number of ketones is 2. The average molecular weight is 844 g/mol. The number of esters is 2. The number of pyridine rings is 1. The zero-order valence-electron chi connectivity index (χ0n) is 34.8. The third-order valence-electron chi connectivity index (χ3n) is 14.5. The van der Waals surface area contributed by atoms with E-state index in [-0.39, 0.29) is 42.4 Å². The number of aromatic nitrogens is 1. The molecule has 3 saturated carbocycles. The summed E-state index contributed by atoms with van der Waals surface area (Å²) >= 11 is 0. The van der Waals surface area contributed by atoms with Crippen LogP contribution in [0.4, 0.5) is 10.1 Å². The van der Waals surface area contributed by atoms with Gasteiger partial charge in [-0.05, 0) is 110 Å². The molecule has 1 unspecified atom stereocenters. The SMILES string of the molecule is C[C@@H]1C[C@H]2[C@@H]3CCC4=CC(=O)C=C[C@]4(C)[C@@]3(F)[C@@H](O)C[C@]2(C)[C@@]1(O)C(=O)COC(=O)c1cccc(C(=O)OCc2ccc(C(CN)C(=O)Nc3ccc4cnccc4c3)cc2)c1. The molecule has 0 bridgehead atoms. The minimum absolute atomic E-state index is 0.0208. The normalized spacial score (nSPS) is 30.3. The number of ether oxygens (including phenoxy) is 2. The van der Waals surface area contributed by atoms with Crippen molar-refractivity contribution < 1.29 is 48.0 Å². The first-order chi connectivity index (χ1) is 29.5. The number of anilines is 1. The van der Waals surface area contributed by atoms with Crippen molar-refractivity contribution in [3.8, 4) is 0 Å². The molecule has 4 aromatic rings. The van der Waals surface area contributed by atoms with Gasteiger partial charge in [-0.2, -0.15) is 0 Å². The monoisotopic (exact) mass is 843 g/mol. The highest BCUT2D eigenvalue weighted by Gasteiger charge is 2.75. The number of halogens is 1. The minimum Gasteiger partial charge on any atom is -0.457 e. The first-order valence-electron chi connectivity index (χ1n) is 21.0. The van der Waals surface area contributed by atoms with Crippen molar-refractivity contribution >= 4 is 45.9 Å². The van der Waals surface area contributed by atoms with Crippen LogP contribution in [-0.4, -0.2) is 75.1 Å². The van der Waals surface area contributed by atoms with Gasteiger partial charge in [0.1, 0.15) is 12.2 Å². The van der Waals surface area contributed by atoms with E-state index in [1.807, 2.05) is 18.2 Å². The molecule has 1 aromatic heterocycles. The van der Waals surface area contributed by atoms with Gasteiger partial charge in [-0.25, -0.2) is 14.0 Å². The van der Waals surface area contributed by atoms with Gasteiger partial charge < -0.3 is 30.7 Å². The van der Waals surface area contributed by atoms with Crippen molar-refractivity contribution in [1.29, 1.82) is 0 Å². The highest BCUT2D eigenvalue weighted by Crippen LogP contribution is 2.70. The Kier molecular flexibility index (Phi) is 11.1. The Labute approximate surface area is 358 Å². The Morgan fingerprint density at radius 2 is 1.69 bits per heavy atom. The first-order valence-corrected chi connectivity index (χ1v) is 21.0. The summed E-state index contributed by atoms with van der Waals surface area (Å²) in [5.41, 5.74) is 2.04. The van der Waals surface area contributed by atoms with Crippen LogP contribution >= 0.6 is 0 Å². The van der Waals surface area contributed by atoms with E-state index in [4.69, 9.17) is 15.2 Å². The maximum Gasteiger partial charge on any atom is 0.338 e. The number of carbonyl (C=O) groups is 5. The quantitative estimate of drug-likeness (QED) is 0.123. The number of nitrogens with zero attached hydrogens (tertiary/aromatic N) is 1. The number of hydrogen-bond acceptors (Lipinski definition) is 11. The zero-order chi connectivity index (χ0) is 44.2. The number of aliphatic hydroxyl groups excluding tert-OH is 1. The van der Waals surface area contributed by atoms with Crippen molar-refractivity contribution in [3.05, 3.63) is 131 Å². The second-order valence-electron chi connectivity index (χ2n) is 17.8. The van der Waals surface area contributed by atoms with Crippen LogP contribution in [0.1, 0.15) is 84.2 Å². The molecule has 62 heavy (non-hydrogen) atoms. The number of benzene rings is 3. The lowest BCUT2D eigenvalue weighted by Crippen LogP contribution is -2.69.